The number of nitrogens with one attached hydrogen (secondary N) is 1. The second kappa shape index (κ2) is 6.51. The van der Waals surface area contributed by atoms with Crippen LogP contribution in [-0.2, 0) is 0 Å². The van der Waals surface area contributed by atoms with Crippen molar-refractivity contribution in [2.45, 2.75) is 6.92 Å². The van der Waals surface area contributed by atoms with Gasteiger partial charge in [0.05, 0.1) is 0 Å². The lowest BCUT2D eigenvalue weighted by Crippen LogP contribution is -2.46. The molecule has 0 spiro atoms. The van der Waals surface area contributed by atoms with Gasteiger partial charge in [-0.05, 0) is 47.9 Å². The molecule has 0 bridgehead atoms. The number of rotatable bonds is 2. The quantitative estimate of drug-likeness (QED) is 0.922. The van der Waals surface area contributed by atoms with Crippen LogP contribution in [0.1, 0.15) is 15.9 Å². The Kier molecular flexibility index (Phi) is 4.46. The molecule has 1 heterocycles. The number of amides is 1. The SMILES string of the molecule is Cc1ccc(Cl)cc1-c1cccc(C(=O)N2CCNCC2)c1. The van der Waals surface area contributed by atoms with E-state index in [-0.39, 0.29) is 5.91 Å². The number of halogens is 1. The van der Waals surface area contributed by atoms with Crippen LogP contribution >= 0.6 is 11.6 Å². The molecule has 0 saturated carbocycles. The molecule has 0 aliphatic carbocycles. The first-order valence-electron chi connectivity index (χ1n) is 7.52. The van der Waals surface area contributed by atoms with Crippen molar-refractivity contribution in [3.05, 3.63) is 58.6 Å². The maximum absolute atomic E-state index is 12.6. The van der Waals surface area contributed by atoms with Gasteiger partial charge in [-0.25, -0.2) is 0 Å². The van der Waals surface area contributed by atoms with Crippen LogP contribution < -0.4 is 5.32 Å². The van der Waals surface area contributed by atoms with Gasteiger partial charge in [-0.15, -0.1) is 0 Å². The monoisotopic (exact) mass is 314 g/mol. The number of hydrogen-bond donors (Lipinski definition) is 1. The van der Waals surface area contributed by atoms with Crippen LogP contribution in [0.3, 0.4) is 0 Å². The van der Waals surface area contributed by atoms with E-state index in [0.717, 1.165) is 48.4 Å². The Labute approximate surface area is 135 Å². The van der Waals surface area contributed by atoms with Gasteiger partial charge in [0.2, 0.25) is 0 Å². The minimum absolute atomic E-state index is 0.100. The highest BCUT2D eigenvalue weighted by Gasteiger charge is 2.18. The number of piperazine rings is 1. The normalized spacial score (nSPS) is 14.9. The Hall–Kier alpha value is -1.84. The highest BCUT2D eigenvalue weighted by molar-refractivity contribution is 6.30. The topological polar surface area (TPSA) is 32.3 Å². The minimum atomic E-state index is 0.100. The van der Waals surface area contributed by atoms with Crippen molar-refractivity contribution in [2.75, 3.05) is 26.2 Å². The third kappa shape index (κ3) is 3.16. The fraction of sp³-hybridized carbons (Fsp3) is 0.278. The molecule has 22 heavy (non-hydrogen) atoms. The molecule has 0 atom stereocenters. The first-order valence-corrected chi connectivity index (χ1v) is 7.89. The van der Waals surface area contributed by atoms with Gasteiger partial charge in [-0.1, -0.05) is 29.8 Å². The number of hydrogen-bond acceptors (Lipinski definition) is 2. The Morgan fingerprint density at radius 3 is 2.68 bits per heavy atom. The molecule has 2 aromatic rings. The molecule has 1 N–H and O–H groups in total. The van der Waals surface area contributed by atoms with Crippen LogP contribution in [0.15, 0.2) is 42.5 Å². The summed E-state index contributed by atoms with van der Waals surface area (Å²) in [4.78, 5) is 14.5. The second-order valence-electron chi connectivity index (χ2n) is 5.58. The van der Waals surface area contributed by atoms with Gasteiger partial charge in [0.15, 0.2) is 0 Å². The van der Waals surface area contributed by atoms with Crippen molar-refractivity contribution in [1.82, 2.24) is 10.2 Å². The van der Waals surface area contributed by atoms with Gasteiger partial charge in [0.25, 0.3) is 5.91 Å². The molecule has 1 aliphatic heterocycles. The summed E-state index contributed by atoms with van der Waals surface area (Å²) in [6.07, 6.45) is 0. The first kappa shape index (κ1) is 15.1. The maximum Gasteiger partial charge on any atom is 0.253 e. The summed E-state index contributed by atoms with van der Waals surface area (Å²) in [6.45, 7) is 5.30. The molecule has 1 fully saturated rings. The zero-order chi connectivity index (χ0) is 15.5. The van der Waals surface area contributed by atoms with Gasteiger partial charge < -0.3 is 10.2 Å². The fourth-order valence-corrected chi connectivity index (χ4v) is 2.95. The number of carbonyl (C=O) groups excluding carboxylic acids is 1. The molecule has 1 amide bonds. The predicted molar refractivity (Wildman–Crippen MR) is 90.4 cm³/mol. The molecule has 3 rings (SSSR count). The van der Waals surface area contributed by atoms with Crippen LogP contribution in [0.2, 0.25) is 5.02 Å². The van der Waals surface area contributed by atoms with Gasteiger partial charge >= 0.3 is 0 Å². The highest BCUT2D eigenvalue weighted by Crippen LogP contribution is 2.27. The lowest BCUT2D eigenvalue weighted by atomic mass is 9.98. The van der Waals surface area contributed by atoms with Gasteiger partial charge in [0, 0.05) is 36.8 Å². The van der Waals surface area contributed by atoms with E-state index in [2.05, 4.69) is 12.2 Å². The Morgan fingerprint density at radius 1 is 1.14 bits per heavy atom. The van der Waals surface area contributed by atoms with Crippen LogP contribution in [0.4, 0.5) is 0 Å². The average molecular weight is 315 g/mol. The van der Waals surface area contributed by atoms with Crippen LogP contribution in [-0.4, -0.2) is 37.0 Å². The van der Waals surface area contributed by atoms with Crippen LogP contribution in [0.25, 0.3) is 11.1 Å². The summed E-state index contributed by atoms with van der Waals surface area (Å²) in [6, 6.07) is 13.6. The van der Waals surface area contributed by atoms with E-state index in [9.17, 15) is 4.79 Å². The zero-order valence-electron chi connectivity index (χ0n) is 12.6. The summed E-state index contributed by atoms with van der Waals surface area (Å²) in [5, 5.41) is 3.97. The highest BCUT2D eigenvalue weighted by atomic mass is 35.5. The van der Waals surface area contributed by atoms with Crippen LogP contribution in [0.5, 0.6) is 0 Å². The number of benzene rings is 2. The Balaban J connectivity index is 1.92. The van der Waals surface area contributed by atoms with Crippen molar-refractivity contribution < 1.29 is 4.79 Å². The lowest BCUT2D eigenvalue weighted by molar-refractivity contribution is 0.0736. The van der Waals surface area contributed by atoms with Crippen LogP contribution in [0, 0.1) is 6.92 Å². The zero-order valence-corrected chi connectivity index (χ0v) is 13.4. The first-order chi connectivity index (χ1) is 10.6. The minimum Gasteiger partial charge on any atom is -0.336 e. The summed E-state index contributed by atoms with van der Waals surface area (Å²) in [7, 11) is 0. The maximum atomic E-state index is 12.6. The molecular formula is C18H19ClN2O. The van der Waals surface area contributed by atoms with Gasteiger partial charge in [0.1, 0.15) is 0 Å². The van der Waals surface area contributed by atoms with Crippen molar-refractivity contribution in [2.24, 2.45) is 0 Å². The van der Waals surface area contributed by atoms with Crippen molar-refractivity contribution in [3.8, 4) is 11.1 Å². The molecule has 0 aromatic heterocycles. The molecule has 4 heteroatoms. The smallest absolute Gasteiger partial charge is 0.253 e. The molecule has 1 aliphatic rings. The summed E-state index contributed by atoms with van der Waals surface area (Å²) < 4.78 is 0. The van der Waals surface area contributed by atoms with E-state index >= 15 is 0 Å². The molecule has 1 saturated heterocycles. The number of aryl methyl sites for hydroxylation is 1. The molecular weight excluding hydrogens is 296 g/mol. The van der Waals surface area contributed by atoms with E-state index < -0.39 is 0 Å². The van der Waals surface area contributed by atoms with E-state index in [0.29, 0.717) is 5.02 Å². The van der Waals surface area contributed by atoms with Gasteiger partial charge in [-0.3, -0.25) is 4.79 Å². The van der Waals surface area contributed by atoms with Crippen molar-refractivity contribution in [1.29, 1.82) is 0 Å². The predicted octanol–water partition coefficient (Wildman–Crippen LogP) is 3.36. The molecule has 0 unspecified atom stereocenters. The lowest BCUT2D eigenvalue weighted by Gasteiger charge is -2.27. The standard InChI is InChI=1S/C18H19ClN2O/c1-13-5-6-16(19)12-17(13)14-3-2-4-15(11-14)18(22)21-9-7-20-8-10-21/h2-6,11-12,20H,7-10H2,1H3. The summed E-state index contributed by atoms with van der Waals surface area (Å²) >= 11 is 6.11. The van der Waals surface area contributed by atoms with E-state index in [1.165, 1.54) is 0 Å². The van der Waals surface area contributed by atoms with Crippen molar-refractivity contribution in [3.63, 3.8) is 0 Å². The number of nitrogens with zero attached hydrogens (tertiary/aromatic N) is 1. The summed E-state index contributed by atoms with van der Waals surface area (Å²) in [5.74, 6) is 0.100. The third-order valence-electron chi connectivity index (χ3n) is 4.02. The summed E-state index contributed by atoms with van der Waals surface area (Å²) in [5.41, 5.74) is 3.98. The molecule has 114 valence electrons. The Morgan fingerprint density at radius 2 is 1.91 bits per heavy atom. The van der Waals surface area contributed by atoms with E-state index in [1.54, 1.807) is 0 Å². The number of carbonyl (C=O) groups is 1. The van der Waals surface area contributed by atoms with Gasteiger partial charge in [-0.2, -0.15) is 0 Å². The average Bonchev–Trinajstić information content (AvgIpc) is 2.57. The third-order valence-corrected chi connectivity index (χ3v) is 4.26. The van der Waals surface area contributed by atoms with E-state index in [1.807, 2.05) is 47.4 Å². The largest absolute Gasteiger partial charge is 0.336 e. The molecule has 3 nitrogen and oxygen atoms in total. The molecule has 0 radical (unpaired) electrons. The fourth-order valence-electron chi connectivity index (χ4n) is 2.78. The van der Waals surface area contributed by atoms with Crippen molar-refractivity contribution >= 4 is 17.5 Å². The molecule has 2 aromatic carbocycles. The Bertz CT molecular complexity index is 693. The van der Waals surface area contributed by atoms with E-state index in [4.69, 9.17) is 11.6 Å². The second-order valence-corrected chi connectivity index (χ2v) is 6.02.